The minimum Gasteiger partial charge on any atom is -0.473 e. The van der Waals surface area contributed by atoms with Gasteiger partial charge < -0.3 is 4.74 Å². The van der Waals surface area contributed by atoms with Crippen molar-refractivity contribution < 1.29 is 4.74 Å². The van der Waals surface area contributed by atoms with Crippen LogP contribution in [0.25, 0.3) is 0 Å². The number of benzene rings is 1. The Morgan fingerprint density at radius 2 is 1.88 bits per heavy atom. The van der Waals surface area contributed by atoms with Gasteiger partial charge in [0.2, 0.25) is 5.90 Å². The molecule has 0 N–H and O–H groups in total. The highest BCUT2D eigenvalue weighted by atomic mass is 16.5. The first-order chi connectivity index (χ1) is 7.86. The third-order valence-corrected chi connectivity index (χ3v) is 1.62. The number of aliphatic imine (C=N–C) groups is 1. The van der Waals surface area contributed by atoms with Gasteiger partial charge in [-0.1, -0.05) is 57.3 Å². The van der Waals surface area contributed by atoms with Gasteiger partial charge in [-0.15, -0.1) is 0 Å². The summed E-state index contributed by atoms with van der Waals surface area (Å²) in [5.74, 6) is 0.490. The van der Waals surface area contributed by atoms with Crippen molar-refractivity contribution in [2.24, 2.45) is 4.99 Å². The van der Waals surface area contributed by atoms with Crippen molar-refractivity contribution >= 4 is 5.90 Å². The molecule has 0 aliphatic rings. The Bertz CT molecular complexity index is 328. The number of hydrogen-bond donors (Lipinski definition) is 0. The molecule has 1 aromatic carbocycles. The molecule has 0 spiro atoms. The summed E-state index contributed by atoms with van der Waals surface area (Å²) in [7, 11) is 0. The van der Waals surface area contributed by atoms with E-state index in [2.05, 4.69) is 18.2 Å². The summed E-state index contributed by atoms with van der Waals surface area (Å²) in [6, 6.07) is 9.90. The first kappa shape index (κ1) is 14.2. The van der Waals surface area contributed by atoms with Gasteiger partial charge in [0, 0.05) is 6.20 Å². The van der Waals surface area contributed by atoms with Crippen molar-refractivity contribution in [3.8, 4) is 0 Å². The van der Waals surface area contributed by atoms with Crippen LogP contribution in [0, 0.1) is 0 Å². The zero-order valence-corrected chi connectivity index (χ0v) is 10.0. The topological polar surface area (TPSA) is 21.6 Å². The molecule has 0 radical (unpaired) electrons. The molecule has 2 heteroatoms. The van der Waals surface area contributed by atoms with E-state index in [0.717, 1.165) is 5.56 Å². The molecule has 0 saturated carbocycles. The quantitative estimate of drug-likeness (QED) is 0.552. The molecule has 0 heterocycles. The number of nitrogens with zero attached hydrogens (tertiary/aromatic N) is 1. The molecule has 0 aliphatic carbocycles. The summed E-state index contributed by atoms with van der Waals surface area (Å²) in [6.45, 7) is 11.6. The molecule has 0 atom stereocenters. The van der Waals surface area contributed by atoms with E-state index in [9.17, 15) is 0 Å². The molecule has 0 amide bonds. The summed E-state index contributed by atoms with van der Waals surface area (Å²) in [5.41, 5.74) is 1.10. The van der Waals surface area contributed by atoms with Crippen molar-refractivity contribution in [3.05, 3.63) is 61.3 Å². The minimum atomic E-state index is 0.490. The SMILES string of the molecule is C=CN=C(C=C)OCc1ccccc1.CC. The van der Waals surface area contributed by atoms with Crippen LogP contribution in [0.5, 0.6) is 0 Å². The van der Waals surface area contributed by atoms with Crippen LogP contribution >= 0.6 is 0 Å². The fourth-order valence-electron chi connectivity index (χ4n) is 0.970. The van der Waals surface area contributed by atoms with Crippen LogP contribution in [0.1, 0.15) is 19.4 Å². The molecule has 0 aliphatic heterocycles. The van der Waals surface area contributed by atoms with E-state index in [1.54, 1.807) is 6.08 Å². The molecule has 1 rings (SSSR count). The van der Waals surface area contributed by atoms with E-state index in [0.29, 0.717) is 12.5 Å². The molecule has 16 heavy (non-hydrogen) atoms. The van der Waals surface area contributed by atoms with Gasteiger partial charge in [-0.2, -0.15) is 0 Å². The summed E-state index contributed by atoms with van der Waals surface area (Å²) in [6.07, 6.45) is 2.99. The second-order valence-electron chi connectivity index (χ2n) is 2.63. The lowest BCUT2D eigenvalue weighted by atomic mass is 10.2. The molecular formula is C14H19NO. The Balaban J connectivity index is 0.00000106. The summed E-state index contributed by atoms with van der Waals surface area (Å²) in [5, 5.41) is 0. The van der Waals surface area contributed by atoms with Gasteiger partial charge in [0.05, 0.1) is 0 Å². The third-order valence-electron chi connectivity index (χ3n) is 1.62. The minimum absolute atomic E-state index is 0.490. The molecule has 0 aromatic heterocycles. The zero-order valence-electron chi connectivity index (χ0n) is 10.0. The van der Waals surface area contributed by atoms with Crippen molar-refractivity contribution in [3.63, 3.8) is 0 Å². The van der Waals surface area contributed by atoms with E-state index in [4.69, 9.17) is 4.74 Å². The molecule has 0 saturated heterocycles. The normalized spacial score (nSPS) is 9.75. The lowest BCUT2D eigenvalue weighted by molar-refractivity contribution is 0.295. The van der Waals surface area contributed by atoms with Crippen LogP contribution in [0.3, 0.4) is 0 Å². The molecule has 1 aromatic rings. The average Bonchev–Trinajstić information content (AvgIpc) is 2.38. The molecule has 0 unspecified atom stereocenters. The maximum Gasteiger partial charge on any atom is 0.212 e. The van der Waals surface area contributed by atoms with Crippen molar-refractivity contribution in [2.75, 3.05) is 0 Å². The van der Waals surface area contributed by atoms with Gasteiger partial charge in [-0.3, -0.25) is 0 Å². The van der Waals surface area contributed by atoms with Gasteiger partial charge in [0.25, 0.3) is 0 Å². The average molecular weight is 217 g/mol. The van der Waals surface area contributed by atoms with Gasteiger partial charge >= 0.3 is 0 Å². The van der Waals surface area contributed by atoms with Crippen molar-refractivity contribution in [1.29, 1.82) is 0 Å². The fraction of sp³-hybridized carbons (Fsp3) is 0.214. The maximum absolute atomic E-state index is 5.38. The van der Waals surface area contributed by atoms with E-state index in [1.807, 2.05) is 44.2 Å². The Morgan fingerprint density at radius 3 is 2.38 bits per heavy atom. The molecule has 0 fully saturated rings. The van der Waals surface area contributed by atoms with Gasteiger partial charge in [0.15, 0.2) is 0 Å². The monoisotopic (exact) mass is 217 g/mol. The Hall–Kier alpha value is -1.83. The lowest BCUT2D eigenvalue weighted by Crippen LogP contribution is -2.00. The van der Waals surface area contributed by atoms with Crippen LogP contribution in [0.4, 0.5) is 0 Å². The van der Waals surface area contributed by atoms with E-state index in [1.165, 1.54) is 6.20 Å². The first-order valence-electron chi connectivity index (χ1n) is 5.34. The third kappa shape index (κ3) is 5.81. The Morgan fingerprint density at radius 1 is 1.25 bits per heavy atom. The summed E-state index contributed by atoms with van der Waals surface area (Å²) < 4.78 is 5.38. The standard InChI is InChI=1S/C12H13NO.C2H6/c1-3-12(13-4-2)14-10-11-8-6-5-7-9-11;1-2/h3-9H,1-2,10H2;1-2H3. The Kier molecular flexibility index (Phi) is 8.60. The molecule has 0 bridgehead atoms. The number of hydrogen-bond acceptors (Lipinski definition) is 2. The zero-order chi connectivity index (χ0) is 12.2. The molecule has 86 valence electrons. The van der Waals surface area contributed by atoms with Crippen LogP contribution in [-0.2, 0) is 11.3 Å². The fourth-order valence-corrected chi connectivity index (χ4v) is 0.970. The van der Waals surface area contributed by atoms with Crippen molar-refractivity contribution in [2.45, 2.75) is 20.5 Å². The van der Waals surface area contributed by atoms with Crippen LogP contribution < -0.4 is 0 Å². The second-order valence-corrected chi connectivity index (χ2v) is 2.63. The molecular weight excluding hydrogens is 198 g/mol. The maximum atomic E-state index is 5.38. The highest BCUT2D eigenvalue weighted by Gasteiger charge is 1.94. The highest BCUT2D eigenvalue weighted by molar-refractivity contribution is 5.87. The summed E-state index contributed by atoms with van der Waals surface area (Å²) >= 11 is 0. The molecule has 2 nitrogen and oxygen atoms in total. The second kappa shape index (κ2) is 9.71. The highest BCUT2D eigenvalue weighted by Crippen LogP contribution is 2.01. The number of ether oxygens (including phenoxy) is 1. The van der Waals surface area contributed by atoms with Crippen LogP contribution in [0.15, 0.2) is 60.8 Å². The van der Waals surface area contributed by atoms with E-state index >= 15 is 0 Å². The van der Waals surface area contributed by atoms with Gasteiger partial charge in [-0.05, 0) is 11.6 Å². The van der Waals surface area contributed by atoms with E-state index < -0.39 is 0 Å². The predicted molar refractivity (Wildman–Crippen MR) is 70.4 cm³/mol. The first-order valence-corrected chi connectivity index (χ1v) is 5.34. The van der Waals surface area contributed by atoms with Crippen LogP contribution in [-0.4, -0.2) is 5.90 Å². The number of rotatable bonds is 4. The van der Waals surface area contributed by atoms with E-state index in [-0.39, 0.29) is 0 Å². The van der Waals surface area contributed by atoms with Gasteiger partial charge in [0.1, 0.15) is 6.61 Å². The summed E-state index contributed by atoms with van der Waals surface area (Å²) in [4.78, 5) is 3.90. The van der Waals surface area contributed by atoms with Crippen LogP contribution in [0.2, 0.25) is 0 Å². The lowest BCUT2D eigenvalue weighted by Gasteiger charge is -2.04. The largest absolute Gasteiger partial charge is 0.473 e. The van der Waals surface area contributed by atoms with Crippen molar-refractivity contribution in [1.82, 2.24) is 0 Å². The predicted octanol–water partition coefficient (Wildman–Crippen LogP) is 3.96. The van der Waals surface area contributed by atoms with Gasteiger partial charge in [-0.25, -0.2) is 4.99 Å². The Labute approximate surface area is 98.0 Å². The smallest absolute Gasteiger partial charge is 0.212 e.